The Morgan fingerprint density at radius 3 is 1.32 bits per heavy atom. The number of benzene rings is 8. The SMILES string of the molecule is [Ir].[c-]1ccccc1-c1ccc(CCc2cc(CCc3ccc(-c4ccccc4)nc3)cc(-c3ccccc3-c3ccc(-c4[c-]c(-c5ccccc5)cc(-c5ccc(-c6ccccc6)cc5)c4)nc3)c2)cn1. The van der Waals surface area contributed by atoms with E-state index < -0.39 is 0 Å². The van der Waals surface area contributed by atoms with Gasteiger partial charge in [-0.1, -0.05) is 205 Å². The molecule has 0 aliphatic rings. The van der Waals surface area contributed by atoms with Crippen molar-refractivity contribution < 1.29 is 20.1 Å². The van der Waals surface area contributed by atoms with E-state index in [4.69, 9.17) is 15.0 Å². The summed E-state index contributed by atoms with van der Waals surface area (Å²) in [6.07, 6.45) is 9.63. The summed E-state index contributed by atoms with van der Waals surface area (Å²) in [5.41, 5.74) is 22.3. The normalized spacial score (nSPS) is 10.9. The van der Waals surface area contributed by atoms with Crippen LogP contribution < -0.4 is 0 Å². The van der Waals surface area contributed by atoms with Crippen LogP contribution in [0.3, 0.4) is 0 Å². The van der Waals surface area contributed by atoms with Crippen molar-refractivity contribution in [3.63, 3.8) is 0 Å². The summed E-state index contributed by atoms with van der Waals surface area (Å²) in [6.45, 7) is 0. The van der Waals surface area contributed by atoms with Gasteiger partial charge in [-0.25, -0.2) is 0 Å². The van der Waals surface area contributed by atoms with Crippen molar-refractivity contribution in [1.29, 1.82) is 0 Å². The third-order valence-electron chi connectivity index (χ3n) is 13.0. The van der Waals surface area contributed by atoms with Crippen molar-refractivity contribution in [2.75, 3.05) is 0 Å². The largest absolute Gasteiger partial charge is 0.304 e. The molecule has 0 fully saturated rings. The first-order valence-electron chi connectivity index (χ1n) is 24.1. The molecule has 0 aliphatic carbocycles. The van der Waals surface area contributed by atoms with Crippen LogP contribution in [0, 0.1) is 12.1 Å². The second kappa shape index (κ2) is 22.1. The van der Waals surface area contributed by atoms with Crippen LogP contribution >= 0.6 is 0 Å². The van der Waals surface area contributed by atoms with Crippen molar-refractivity contribution in [2.24, 2.45) is 0 Å². The molecule has 3 nitrogen and oxygen atoms in total. The smallest absolute Gasteiger partial charge is 0.0702 e. The number of nitrogens with zero attached hydrogens (tertiary/aromatic N) is 3. The second-order valence-corrected chi connectivity index (χ2v) is 17.8. The molecular weight excluding hydrogens is 1040 g/mol. The van der Waals surface area contributed by atoms with Crippen molar-refractivity contribution >= 4 is 0 Å². The Labute approximate surface area is 431 Å². The monoisotopic (exact) mass is 1090 g/mol. The van der Waals surface area contributed by atoms with Crippen molar-refractivity contribution in [2.45, 2.75) is 25.7 Å². The van der Waals surface area contributed by atoms with Gasteiger partial charge in [0, 0.05) is 50.0 Å². The zero-order valence-corrected chi connectivity index (χ0v) is 41.6. The molecule has 71 heavy (non-hydrogen) atoms. The van der Waals surface area contributed by atoms with E-state index in [9.17, 15) is 0 Å². The molecule has 343 valence electrons. The summed E-state index contributed by atoms with van der Waals surface area (Å²) < 4.78 is 0. The van der Waals surface area contributed by atoms with E-state index in [-0.39, 0.29) is 20.1 Å². The fraction of sp³-hybridized carbons (Fsp3) is 0.0597. The Bertz CT molecular complexity index is 3360. The number of aryl methyl sites for hydroxylation is 4. The van der Waals surface area contributed by atoms with Gasteiger partial charge in [0.2, 0.25) is 0 Å². The maximum absolute atomic E-state index is 5.15. The Kier molecular flexibility index (Phi) is 14.5. The van der Waals surface area contributed by atoms with Crippen LogP contribution in [0.2, 0.25) is 0 Å². The number of pyridine rings is 3. The number of rotatable bonds is 14. The molecule has 0 spiro atoms. The van der Waals surface area contributed by atoms with E-state index in [1.165, 1.54) is 44.5 Å². The molecule has 0 unspecified atom stereocenters. The van der Waals surface area contributed by atoms with E-state index in [0.717, 1.165) is 92.8 Å². The second-order valence-electron chi connectivity index (χ2n) is 17.8. The molecule has 11 aromatic rings. The fourth-order valence-electron chi connectivity index (χ4n) is 9.25. The zero-order valence-electron chi connectivity index (χ0n) is 39.2. The predicted octanol–water partition coefficient (Wildman–Crippen LogP) is 16.4. The van der Waals surface area contributed by atoms with Gasteiger partial charge in [0.05, 0.1) is 5.69 Å². The van der Waals surface area contributed by atoms with Gasteiger partial charge in [-0.2, -0.15) is 0 Å². The molecule has 3 aromatic heterocycles. The topological polar surface area (TPSA) is 38.7 Å². The van der Waals surface area contributed by atoms with Gasteiger partial charge in [0.25, 0.3) is 0 Å². The van der Waals surface area contributed by atoms with Crippen molar-refractivity contribution in [3.8, 4) is 89.4 Å². The molecule has 8 aromatic carbocycles. The Morgan fingerprint density at radius 1 is 0.282 bits per heavy atom. The summed E-state index contributed by atoms with van der Waals surface area (Å²) in [5, 5.41) is 0. The van der Waals surface area contributed by atoms with Crippen LogP contribution in [0.5, 0.6) is 0 Å². The number of hydrogen-bond acceptors (Lipinski definition) is 3. The molecule has 0 atom stereocenters. The molecule has 1 radical (unpaired) electrons. The van der Waals surface area contributed by atoms with Gasteiger partial charge >= 0.3 is 0 Å². The molecule has 3 heterocycles. The zero-order chi connectivity index (χ0) is 46.9. The minimum absolute atomic E-state index is 0. The third-order valence-corrected chi connectivity index (χ3v) is 13.0. The summed E-state index contributed by atoms with van der Waals surface area (Å²) in [5.74, 6) is 0. The summed E-state index contributed by atoms with van der Waals surface area (Å²) in [6, 6.07) is 88.6. The van der Waals surface area contributed by atoms with Crippen LogP contribution in [0.1, 0.15) is 22.3 Å². The first-order chi connectivity index (χ1) is 34.6. The van der Waals surface area contributed by atoms with Crippen LogP contribution in [-0.4, -0.2) is 15.0 Å². The Balaban J connectivity index is 0.00000582. The summed E-state index contributed by atoms with van der Waals surface area (Å²) in [7, 11) is 0. The molecule has 0 bridgehead atoms. The molecule has 4 heteroatoms. The van der Waals surface area contributed by atoms with Crippen LogP contribution in [0.25, 0.3) is 89.4 Å². The molecule has 0 N–H and O–H groups in total. The molecular formula is C67H49IrN3-2. The van der Waals surface area contributed by atoms with Gasteiger partial charge in [-0.15, -0.1) is 59.7 Å². The Morgan fingerprint density at radius 2 is 0.746 bits per heavy atom. The van der Waals surface area contributed by atoms with Gasteiger partial charge in [0.1, 0.15) is 0 Å². The maximum atomic E-state index is 5.15. The third kappa shape index (κ3) is 11.2. The average molecular weight is 1090 g/mol. The van der Waals surface area contributed by atoms with Gasteiger partial charge in [0.15, 0.2) is 0 Å². The van der Waals surface area contributed by atoms with Gasteiger partial charge in [-0.3, -0.25) is 9.97 Å². The van der Waals surface area contributed by atoms with E-state index in [1.807, 2.05) is 42.9 Å². The minimum Gasteiger partial charge on any atom is -0.304 e. The average Bonchev–Trinajstić information content (AvgIpc) is 3.45. The van der Waals surface area contributed by atoms with Crippen LogP contribution in [-0.2, 0) is 45.8 Å². The fourth-order valence-corrected chi connectivity index (χ4v) is 9.25. The molecule has 0 saturated carbocycles. The van der Waals surface area contributed by atoms with Crippen LogP contribution in [0.4, 0.5) is 0 Å². The molecule has 0 aliphatic heterocycles. The number of aromatic nitrogens is 3. The van der Waals surface area contributed by atoms with Crippen LogP contribution in [0.15, 0.2) is 249 Å². The van der Waals surface area contributed by atoms with E-state index >= 15 is 0 Å². The maximum Gasteiger partial charge on any atom is 0.0702 e. The molecule has 0 saturated heterocycles. The first-order valence-corrected chi connectivity index (χ1v) is 24.1. The standard InChI is InChI=1S/C67H49N3.Ir/c1-5-15-52(16-6-1)54-31-33-55(34-32-54)60-42-59(53-17-7-2-8-18-53)43-62(44-60)67-38-35-58(47-70-67)63-23-13-14-24-64(63)61-40-50(27-25-48-29-36-65(68-45-48)56-19-9-3-10-20-56)39-51(41-61)28-26-49-30-37-66(69-46-49)57-21-11-4-12-22-57;/h1-21,23-24,29-42,44-47H,25-28H2;/q-2;. The van der Waals surface area contributed by atoms with E-state index in [0.29, 0.717) is 0 Å². The Hall–Kier alpha value is -8.14. The van der Waals surface area contributed by atoms with Crippen molar-refractivity contribution in [1.82, 2.24) is 15.0 Å². The molecule has 11 rings (SSSR count). The van der Waals surface area contributed by atoms with Crippen molar-refractivity contribution in [3.05, 3.63) is 283 Å². The van der Waals surface area contributed by atoms with Gasteiger partial charge < -0.3 is 4.98 Å². The number of hydrogen-bond donors (Lipinski definition) is 0. The summed E-state index contributed by atoms with van der Waals surface area (Å²) >= 11 is 0. The predicted molar refractivity (Wildman–Crippen MR) is 289 cm³/mol. The summed E-state index contributed by atoms with van der Waals surface area (Å²) in [4.78, 5) is 14.8. The van der Waals surface area contributed by atoms with E-state index in [2.05, 4.69) is 218 Å². The van der Waals surface area contributed by atoms with Gasteiger partial charge in [-0.05, 0) is 98.6 Å². The molecule has 0 amide bonds. The quantitative estimate of drug-likeness (QED) is 0.102. The first kappa shape index (κ1) is 46.6. The minimum atomic E-state index is 0. The van der Waals surface area contributed by atoms with E-state index in [1.54, 1.807) is 0 Å².